The number of benzene rings is 2. The first kappa shape index (κ1) is 16.5. The Bertz CT molecular complexity index is 1060. The first-order chi connectivity index (χ1) is 12.5. The molecule has 1 atom stereocenters. The minimum atomic E-state index is -3.70. The molecule has 8 heteroatoms. The summed E-state index contributed by atoms with van der Waals surface area (Å²) < 4.78 is 27.8. The summed E-state index contributed by atoms with van der Waals surface area (Å²) in [4.78, 5) is 0.233. The van der Waals surface area contributed by atoms with E-state index in [0.717, 1.165) is 16.8 Å². The Balaban J connectivity index is 1.76. The van der Waals surface area contributed by atoms with Crippen molar-refractivity contribution in [1.29, 1.82) is 0 Å². The van der Waals surface area contributed by atoms with Gasteiger partial charge in [0.25, 0.3) is 0 Å². The van der Waals surface area contributed by atoms with Crippen molar-refractivity contribution in [2.45, 2.75) is 23.7 Å². The van der Waals surface area contributed by atoms with Crippen LogP contribution in [0.4, 0.5) is 0 Å². The van der Waals surface area contributed by atoms with E-state index in [1.165, 1.54) is 4.68 Å². The number of hydrogen-bond donors (Lipinski definition) is 1. The SMILES string of the molecule is Cc1ccc(S(=O)(=O)C2N/C(=C/c3ccccc3)Cn3nnnc32)cc1. The molecule has 0 amide bonds. The first-order valence-corrected chi connectivity index (χ1v) is 9.67. The molecule has 0 fully saturated rings. The van der Waals surface area contributed by atoms with Crippen LogP contribution in [0, 0.1) is 6.92 Å². The maximum atomic E-state index is 13.2. The van der Waals surface area contributed by atoms with Crippen molar-refractivity contribution in [3.8, 4) is 0 Å². The summed E-state index contributed by atoms with van der Waals surface area (Å²) >= 11 is 0. The maximum absolute atomic E-state index is 13.2. The first-order valence-electron chi connectivity index (χ1n) is 8.13. The second-order valence-electron chi connectivity index (χ2n) is 6.16. The second kappa shape index (κ2) is 6.38. The summed E-state index contributed by atoms with van der Waals surface area (Å²) in [5.74, 6) is 0.288. The van der Waals surface area contributed by atoms with Gasteiger partial charge in [0.05, 0.1) is 11.4 Å². The topological polar surface area (TPSA) is 89.8 Å². The summed E-state index contributed by atoms with van der Waals surface area (Å²) in [6.45, 7) is 2.30. The molecule has 2 heterocycles. The molecule has 1 unspecified atom stereocenters. The van der Waals surface area contributed by atoms with Crippen molar-refractivity contribution in [3.05, 3.63) is 77.2 Å². The quantitative estimate of drug-likeness (QED) is 0.762. The predicted molar refractivity (Wildman–Crippen MR) is 96.5 cm³/mol. The third-order valence-corrected chi connectivity index (χ3v) is 6.11. The van der Waals surface area contributed by atoms with Crippen LogP contribution in [0.3, 0.4) is 0 Å². The molecule has 0 aliphatic carbocycles. The van der Waals surface area contributed by atoms with E-state index in [1.807, 2.05) is 43.3 Å². The highest BCUT2D eigenvalue weighted by molar-refractivity contribution is 7.91. The third-order valence-electron chi connectivity index (χ3n) is 4.23. The molecule has 1 aliphatic rings. The van der Waals surface area contributed by atoms with Crippen LogP contribution in [0.25, 0.3) is 6.08 Å². The van der Waals surface area contributed by atoms with Gasteiger partial charge in [-0.1, -0.05) is 48.0 Å². The summed E-state index contributed by atoms with van der Waals surface area (Å²) in [7, 11) is -3.70. The van der Waals surface area contributed by atoms with E-state index in [2.05, 4.69) is 20.8 Å². The monoisotopic (exact) mass is 367 g/mol. The van der Waals surface area contributed by atoms with Gasteiger partial charge in [-0.2, -0.15) is 0 Å². The lowest BCUT2D eigenvalue weighted by atomic mass is 10.2. The van der Waals surface area contributed by atoms with Gasteiger partial charge in [0.15, 0.2) is 11.2 Å². The van der Waals surface area contributed by atoms with Crippen molar-refractivity contribution in [2.75, 3.05) is 0 Å². The molecule has 7 nitrogen and oxygen atoms in total. The van der Waals surface area contributed by atoms with Gasteiger partial charge in [0.2, 0.25) is 9.84 Å². The molecule has 4 rings (SSSR count). The Morgan fingerprint density at radius 1 is 1.12 bits per heavy atom. The summed E-state index contributed by atoms with van der Waals surface area (Å²) in [5.41, 5.74) is 2.70. The fraction of sp³-hybridized carbons (Fsp3) is 0.167. The molecule has 2 aromatic carbocycles. The number of hydrogen-bond acceptors (Lipinski definition) is 6. The van der Waals surface area contributed by atoms with Crippen molar-refractivity contribution in [1.82, 2.24) is 25.5 Å². The Morgan fingerprint density at radius 3 is 2.58 bits per heavy atom. The van der Waals surface area contributed by atoms with E-state index in [1.54, 1.807) is 24.3 Å². The third kappa shape index (κ3) is 2.99. The number of tetrazole rings is 1. The van der Waals surface area contributed by atoms with Gasteiger partial charge in [-0.15, -0.1) is 5.10 Å². The Morgan fingerprint density at radius 2 is 1.85 bits per heavy atom. The van der Waals surface area contributed by atoms with Crippen molar-refractivity contribution in [3.63, 3.8) is 0 Å². The fourth-order valence-corrected chi connectivity index (χ4v) is 4.41. The second-order valence-corrected chi connectivity index (χ2v) is 8.19. The lowest BCUT2D eigenvalue weighted by molar-refractivity contribution is 0.491. The Kier molecular flexibility index (Phi) is 4.04. The molecule has 3 aromatic rings. The summed E-state index contributed by atoms with van der Waals surface area (Å²) in [6.07, 6.45) is 1.91. The maximum Gasteiger partial charge on any atom is 0.206 e. The van der Waals surface area contributed by atoms with Gasteiger partial charge in [-0.25, -0.2) is 13.1 Å². The minimum Gasteiger partial charge on any atom is -0.364 e. The molecule has 1 N–H and O–H groups in total. The highest BCUT2D eigenvalue weighted by Crippen LogP contribution is 2.29. The van der Waals surface area contributed by atoms with E-state index in [-0.39, 0.29) is 10.7 Å². The molecule has 0 saturated heterocycles. The van der Waals surface area contributed by atoms with E-state index in [4.69, 9.17) is 0 Å². The van der Waals surface area contributed by atoms with Crippen LogP contribution in [0.2, 0.25) is 0 Å². The number of nitrogens with zero attached hydrogens (tertiary/aromatic N) is 4. The normalized spacial score (nSPS) is 18.3. The van der Waals surface area contributed by atoms with Gasteiger partial charge >= 0.3 is 0 Å². The molecule has 26 heavy (non-hydrogen) atoms. The van der Waals surface area contributed by atoms with E-state index >= 15 is 0 Å². The van der Waals surface area contributed by atoms with Crippen LogP contribution in [-0.2, 0) is 16.4 Å². The van der Waals surface area contributed by atoms with Crippen LogP contribution in [0.5, 0.6) is 0 Å². The largest absolute Gasteiger partial charge is 0.364 e. The average molecular weight is 367 g/mol. The van der Waals surface area contributed by atoms with Crippen LogP contribution < -0.4 is 5.32 Å². The van der Waals surface area contributed by atoms with Crippen LogP contribution in [0.1, 0.15) is 22.3 Å². The molecule has 132 valence electrons. The minimum absolute atomic E-state index is 0.233. The smallest absolute Gasteiger partial charge is 0.206 e. The van der Waals surface area contributed by atoms with Crippen LogP contribution in [-0.4, -0.2) is 28.6 Å². The molecule has 0 bridgehead atoms. The molecule has 0 saturated carbocycles. The average Bonchev–Trinajstić information content (AvgIpc) is 3.10. The summed E-state index contributed by atoms with van der Waals surface area (Å²) in [5, 5.41) is 13.6. The van der Waals surface area contributed by atoms with Crippen molar-refractivity contribution >= 4 is 15.9 Å². The van der Waals surface area contributed by atoms with Gasteiger partial charge in [0, 0.05) is 5.70 Å². The van der Waals surface area contributed by atoms with Gasteiger partial charge in [0.1, 0.15) is 0 Å². The zero-order chi connectivity index (χ0) is 18.1. The highest BCUT2D eigenvalue weighted by atomic mass is 32.2. The fourth-order valence-electron chi connectivity index (χ4n) is 2.87. The molecular formula is C18H17N5O2S. The predicted octanol–water partition coefficient (Wildman–Crippen LogP) is 2.10. The molecular weight excluding hydrogens is 350 g/mol. The number of allylic oxidation sites excluding steroid dienone is 1. The van der Waals surface area contributed by atoms with Gasteiger partial charge < -0.3 is 5.32 Å². The van der Waals surface area contributed by atoms with Gasteiger partial charge in [-0.3, -0.25) is 0 Å². The standard InChI is InChI=1S/C18H17N5O2S/c1-13-7-9-16(10-8-13)26(24,25)18-17-20-21-22-23(17)12-15(19-18)11-14-5-3-2-4-6-14/h2-11,18-19H,12H2,1H3/b15-11+. The zero-order valence-electron chi connectivity index (χ0n) is 14.1. The Hall–Kier alpha value is -3.00. The highest BCUT2D eigenvalue weighted by Gasteiger charge is 2.37. The lowest BCUT2D eigenvalue weighted by Gasteiger charge is -2.26. The van der Waals surface area contributed by atoms with Gasteiger partial charge in [-0.05, 0) is 41.1 Å². The van der Waals surface area contributed by atoms with E-state index in [0.29, 0.717) is 6.54 Å². The number of aromatic nitrogens is 4. The van der Waals surface area contributed by atoms with Crippen LogP contribution in [0.15, 0.2) is 65.2 Å². The van der Waals surface area contributed by atoms with Crippen molar-refractivity contribution < 1.29 is 8.42 Å². The Labute approximate surface area is 151 Å². The van der Waals surface area contributed by atoms with E-state index in [9.17, 15) is 8.42 Å². The number of rotatable bonds is 3. The number of aryl methyl sites for hydroxylation is 1. The zero-order valence-corrected chi connectivity index (χ0v) is 14.9. The lowest BCUT2D eigenvalue weighted by Crippen LogP contribution is -2.37. The molecule has 0 radical (unpaired) electrons. The number of fused-ring (bicyclic) bond motifs is 1. The number of nitrogens with one attached hydrogen (secondary N) is 1. The molecule has 1 aliphatic heterocycles. The van der Waals surface area contributed by atoms with Crippen LogP contribution >= 0.6 is 0 Å². The van der Waals surface area contributed by atoms with E-state index < -0.39 is 15.2 Å². The number of sulfone groups is 1. The molecule has 1 aromatic heterocycles. The summed E-state index contributed by atoms with van der Waals surface area (Å²) in [6, 6.07) is 16.5. The van der Waals surface area contributed by atoms with Crippen molar-refractivity contribution in [2.24, 2.45) is 0 Å². The molecule has 0 spiro atoms.